The summed E-state index contributed by atoms with van der Waals surface area (Å²) >= 11 is 6.82. The number of ketones is 2. The average Bonchev–Trinajstić information content (AvgIpc) is 3.87. The van der Waals surface area contributed by atoms with Gasteiger partial charge in [-0.1, -0.05) is 56.1 Å². The van der Waals surface area contributed by atoms with Crippen molar-refractivity contribution in [3.05, 3.63) is 105 Å². The minimum absolute atomic E-state index is 0.0407. The molecule has 9 rings (SSSR count). The number of morpholine rings is 1. The number of carbonyl (C=O) groups excluding carboxylic acids is 5. The van der Waals surface area contributed by atoms with Gasteiger partial charge >= 0.3 is 0 Å². The number of aromatic hydroxyl groups is 2. The van der Waals surface area contributed by atoms with Crippen LogP contribution in [-0.4, -0.2) is 157 Å². The number of alkyl halides is 2. The van der Waals surface area contributed by atoms with Crippen LogP contribution in [-0.2, 0) is 71.3 Å². The Morgan fingerprint density at radius 1 is 0.896 bits per heavy atom. The average molecular weight is 1200 g/mol. The van der Waals surface area contributed by atoms with Crippen molar-refractivity contribution in [2.75, 3.05) is 71.8 Å². The number of benzene rings is 3. The van der Waals surface area contributed by atoms with E-state index in [1.165, 1.54) is 25.3 Å². The van der Waals surface area contributed by atoms with Crippen LogP contribution in [0.3, 0.4) is 0 Å². The van der Waals surface area contributed by atoms with Crippen LogP contribution in [0.1, 0.15) is 92.2 Å². The number of ether oxygens (including phenoxy) is 8. The molecule has 3 amide bonds. The van der Waals surface area contributed by atoms with Crippen molar-refractivity contribution in [1.82, 2.24) is 20.7 Å². The smallest absolute Gasteiger partial charge is 0.275 e. The molecule has 24 heteroatoms. The van der Waals surface area contributed by atoms with Gasteiger partial charge in [-0.15, -0.1) is 0 Å². The van der Waals surface area contributed by atoms with Gasteiger partial charge in [0.1, 0.15) is 41.9 Å². The van der Waals surface area contributed by atoms with Crippen molar-refractivity contribution in [2.45, 2.75) is 92.3 Å². The van der Waals surface area contributed by atoms with Gasteiger partial charge in [0, 0.05) is 83.4 Å². The van der Waals surface area contributed by atoms with Gasteiger partial charge in [-0.3, -0.25) is 38.7 Å². The topological polar surface area (TPSA) is 281 Å². The molecule has 0 unspecified atom stereocenters. The molecule has 4 heterocycles. The van der Waals surface area contributed by atoms with E-state index in [4.69, 9.17) is 42.7 Å². The van der Waals surface area contributed by atoms with Crippen LogP contribution in [0, 0.1) is 0 Å². The van der Waals surface area contributed by atoms with Gasteiger partial charge in [0.15, 0.2) is 17.7 Å². The quantitative estimate of drug-likeness (QED) is 0.0245. The Labute approximate surface area is 459 Å². The zero-order chi connectivity index (χ0) is 54.4. The zero-order valence-electron chi connectivity index (χ0n) is 42.2. The number of pyridine rings is 1. The first kappa shape index (κ1) is 56.1. The predicted octanol–water partition coefficient (Wildman–Crippen LogP) is 4.17. The monoisotopic (exact) mass is 1200 g/mol. The fraction of sp³-hybridized carbons (Fsp3) is 0.472. The Balaban J connectivity index is 0.768. The largest absolute Gasteiger partial charge is 0.507 e. The summed E-state index contributed by atoms with van der Waals surface area (Å²) in [6.07, 6.45) is -4.17. The third kappa shape index (κ3) is 12.5. The van der Waals surface area contributed by atoms with Crippen LogP contribution in [0.25, 0.3) is 0 Å². The molecule has 3 aromatic carbocycles. The number of hydrogen-bond donors (Lipinski definition) is 6. The molecule has 0 radical (unpaired) electrons. The third-order valence-corrected chi connectivity index (χ3v) is 15.1. The first-order chi connectivity index (χ1) is 37.2. The molecule has 0 spiro atoms. The van der Waals surface area contributed by atoms with Crippen molar-refractivity contribution < 1.29 is 82.0 Å². The maximum absolute atomic E-state index is 14.2. The van der Waals surface area contributed by atoms with Gasteiger partial charge in [0.05, 0.1) is 100 Å². The maximum atomic E-state index is 14.2. The van der Waals surface area contributed by atoms with E-state index in [1.54, 1.807) is 24.3 Å². The standard InChI is InChI=1S/C53H59Br2N5O17/c1-28-51-36(60-11-13-72-27-41(60)77-51)20-42(75-28)76-38-22-53(68,21-35-44(38)50(66)46-45(48(35)64)47(63)34-4-3-5-37(69-2)43(34)49(46)65)52(67)59-74-26-29-6-8-30(9-7-29)58-40(62)25-56-39(61)10-12-70-14-15-71-16-17-73-33-18-31(23-54)57-32(19-33)24-55/h3-9,18-19,28,36,38,41-42,51,64,66,68H,10-17,20-27H2,1-2H3,(H,56,61)(H,58,62)(H,59,67)/t28-,36-,38-,41+,42-,51+,53-/m0/s1. The van der Waals surface area contributed by atoms with Gasteiger partial charge < -0.3 is 63.8 Å². The summed E-state index contributed by atoms with van der Waals surface area (Å²) in [7, 11) is 1.34. The lowest BCUT2D eigenvalue weighted by atomic mass is 9.72. The fourth-order valence-corrected chi connectivity index (χ4v) is 10.8. The van der Waals surface area contributed by atoms with Crippen LogP contribution in [0.2, 0.25) is 0 Å². The summed E-state index contributed by atoms with van der Waals surface area (Å²) in [4.78, 5) is 79.6. The number of aromatic nitrogens is 1. The molecular weight excluding hydrogens is 1140 g/mol. The molecule has 0 bridgehead atoms. The summed E-state index contributed by atoms with van der Waals surface area (Å²) in [5.41, 5.74) is 1.27. The SMILES string of the molecule is COc1cccc2c1C(=O)c1c(O)c3c(c(O)c1C2=O)C[C@@](O)(C(=O)NOCc1ccc(NC(=O)CNC(=O)CCOCCOCCOc2cc(CBr)nc(CBr)c2)cc1)C[C@@H]3O[C@H]1C[C@H]2[C@H](O[C@@H]3COCCN32)[C@H](C)O1. The fourth-order valence-electron chi connectivity index (χ4n) is 10.3. The van der Waals surface area contributed by atoms with E-state index >= 15 is 0 Å². The summed E-state index contributed by atoms with van der Waals surface area (Å²) in [5, 5.41) is 42.8. The summed E-state index contributed by atoms with van der Waals surface area (Å²) in [6, 6.07) is 14.5. The van der Waals surface area contributed by atoms with E-state index in [9.17, 15) is 39.3 Å². The molecule has 5 aliphatic rings. The molecule has 22 nitrogen and oxygen atoms in total. The molecule has 0 saturated carbocycles. The summed E-state index contributed by atoms with van der Waals surface area (Å²) in [6.45, 7) is 4.31. The lowest BCUT2D eigenvalue weighted by molar-refractivity contribution is -0.247. The van der Waals surface area contributed by atoms with Crippen LogP contribution in [0.15, 0.2) is 54.6 Å². The second-order valence-corrected chi connectivity index (χ2v) is 20.1. The van der Waals surface area contributed by atoms with Crippen LogP contribution >= 0.6 is 31.9 Å². The number of fused-ring (bicyclic) bond motifs is 6. The predicted molar refractivity (Wildman–Crippen MR) is 278 cm³/mol. The second-order valence-electron chi connectivity index (χ2n) is 19.0. The van der Waals surface area contributed by atoms with Crippen molar-refractivity contribution in [2.24, 2.45) is 0 Å². The number of hydroxylamine groups is 1. The summed E-state index contributed by atoms with van der Waals surface area (Å²) in [5.74, 6) is -3.97. The number of rotatable bonds is 22. The Morgan fingerprint density at radius 2 is 1.62 bits per heavy atom. The van der Waals surface area contributed by atoms with Crippen LogP contribution in [0.4, 0.5) is 5.69 Å². The number of phenols is 2. The number of nitrogens with one attached hydrogen (secondary N) is 3. The minimum Gasteiger partial charge on any atom is -0.507 e. The van der Waals surface area contributed by atoms with Gasteiger partial charge in [-0.05, 0) is 30.7 Å². The van der Waals surface area contributed by atoms with Gasteiger partial charge in [-0.2, -0.15) is 0 Å². The van der Waals surface area contributed by atoms with Gasteiger partial charge in [-0.25, -0.2) is 5.48 Å². The van der Waals surface area contributed by atoms with E-state index in [1.807, 2.05) is 19.1 Å². The number of amides is 3. The molecule has 2 aliphatic carbocycles. The Morgan fingerprint density at radius 3 is 2.36 bits per heavy atom. The summed E-state index contributed by atoms with van der Waals surface area (Å²) < 4.78 is 47.0. The molecule has 4 aromatic rings. The molecule has 77 heavy (non-hydrogen) atoms. The molecule has 3 fully saturated rings. The number of phenolic OH excluding ortho intramolecular Hbond substituents is 2. The number of nitrogens with zero attached hydrogens (tertiary/aromatic N) is 2. The van der Waals surface area contributed by atoms with Crippen molar-refractivity contribution >= 4 is 66.8 Å². The number of halogens is 2. The first-order valence-corrected chi connectivity index (χ1v) is 27.3. The van der Waals surface area contributed by atoms with E-state index in [0.29, 0.717) is 73.7 Å². The van der Waals surface area contributed by atoms with E-state index in [2.05, 4.69) is 57.9 Å². The highest BCUT2D eigenvalue weighted by atomic mass is 79.9. The number of hydrogen-bond acceptors (Lipinski definition) is 19. The number of methoxy groups -OCH3 is 1. The normalized spacial score (nSPS) is 23.4. The maximum Gasteiger partial charge on any atom is 0.275 e. The number of aliphatic hydroxyl groups is 1. The molecule has 1 aromatic heterocycles. The van der Waals surface area contributed by atoms with E-state index in [0.717, 1.165) is 11.4 Å². The number of carbonyl (C=O) groups is 5. The molecule has 3 saturated heterocycles. The Kier molecular flexibility index (Phi) is 18.2. The van der Waals surface area contributed by atoms with Crippen LogP contribution in [0.5, 0.6) is 23.0 Å². The second kappa shape index (κ2) is 25.0. The molecule has 3 aliphatic heterocycles. The molecule has 412 valence electrons. The van der Waals surface area contributed by atoms with E-state index < -0.39 is 82.9 Å². The van der Waals surface area contributed by atoms with Crippen molar-refractivity contribution in [1.29, 1.82) is 0 Å². The lowest BCUT2D eigenvalue weighted by Crippen LogP contribution is -2.54. The van der Waals surface area contributed by atoms with Gasteiger partial charge in [0.25, 0.3) is 5.91 Å². The van der Waals surface area contributed by atoms with E-state index in [-0.39, 0.29) is 85.1 Å². The van der Waals surface area contributed by atoms with Gasteiger partial charge in [0.2, 0.25) is 17.6 Å². The highest BCUT2D eigenvalue weighted by molar-refractivity contribution is 9.08. The molecule has 7 atom stereocenters. The highest BCUT2D eigenvalue weighted by Crippen LogP contribution is 2.53. The Bertz CT molecular complexity index is 2840. The molecule has 6 N–H and O–H groups in total. The first-order valence-electron chi connectivity index (χ1n) is 25.1. The zero-order valence-corrected chi connectivity index (χ0v) is 45.4. The third-order valence-electron chi connectivity index (χ3n) is 13.9. The van der Waals surface area contributed by atoms with Crippen molar-refractivity contribution in [3.63, 3.8) is 0 Å². The minimum atomic E-state index is -2.37. The Hall–Kier alpha value is -5.64. The highest BCUT2D eigenvalue weighted by Gasteiger charge is 2.54. The lowest BCUT2D eigenvalue weighted by Gasteiger charge is -2.43. The number of anilines is 1. The van der Waals surface area contributed by atoms with Crippen LogP contribution < -0.4 is 25.6 Å². The molecular formula is C53H59Br2N5O17. The van der Waals surface area contributed by atoms with Crippen molar-refractivity contribution in [3.8, 4) is 23.0 Å².